The van der Waals surface area contributed by atoms with E-state index >= 15 is 0 Å². The van der Waals surface area contributed by atoms with Crippen LogP contribution in [-0.4, -0.2) is 29.0 Å². The van der Waals surface area contributed by atoms with Crippen molar-refractivity contribution in [1.29, 1.82) is 0 Å². The maximum absolute atomic E-state index is 11.0. The summed E-state index contributed by atoms with van der Waals surface area (Å²) in [5.41, 5.74) is 0. The molecule has 0 aromatic carbocycles. The summed E-state index contributed by atoms with van der Waals surface area (Å²) in [4.78, 5) is 20.6. The molecule has 0 spiro atoms. The van der Waals surface area contributed by atoms with Crippen molar-refractivity contribution in [3.05, 3.63) is 0 Å². The molecular formula is C7H11BrO4. The summed E-state index contributed by atoms with van der Waals surface area (Å²) < 4.78 is 4.44. The minimum absolute atomic E-state index is 0.439. The zero-order valence-electron chi connectivity index (χ0n) is 6.91. The summed E-state index contributed by atoms with van der Waals surface area (Å²) in [6.45, 7) is 1.73. The molecule has 12 heavy (non-hydrogen) atoms. The number of alkyl halides is 1. The molecule has 2 unspecified atom stereocenters. The first-order valence-electron chi connectivity index (χ1n) is 3.49. The monoisotopic (exact) mass is 238 g/mol. The molecule has 0 amide bonds. The van der Waals surface area contributed by atoms with Crippen LogP contribution in [0.4, 0.5) is 0 Å². The largest absolute Gasteiger partial charge is 0.480 e. The van der Waals surface area contributed by atoms with Gasteiger partial charge >= 0.3 is 11.9 Å². The van der Waals surface area contributed by atoms with E-state index in [4.69, 9.17) is 5.11 Å². The highest BCUT2D eigenvalue weighted by Crippen LogP contribution is 2.18. The van der Waals surface area contributed by atoms with E-state index in [0.29, 0.717) is 6.42 Å². The van der Waals surface area contributed by atoms with Gasteiger partial charge in [-0.05, 0) is 6.42 Å². The smallest absolute Gasteiger partial charge is 0.318 e. The van der Waals surface area contributed by atoms with Crippen molar-refractivity contribution >= 4 is 27.9 Å². The van der Waals surface area contributed by atoms with Gasteiger partial charge in [-0.15, -0.1) is 0 Å². The number of esters is 1. The van der Waals surface area contributed by atoms with Gasteiger partial charge in [0.25, 0.3) is 0 Å². The molecule has 0 rings (SSSR count). The fourth-order valence-electron chi connectivity index (χ4n) is 0.817. The summed E-state index contributed by atoms with van der Waals surface area (Å²) >= 11 is 2.91. The molecule has 5 heteroatoms. The standard InChI is InChI=1S/C7H11BrO4/c1-3-4(7(11)12-2)5(8)6(9)10/h4-5H,3H2,1-2H3,(H,9,10). The second-order valence-electron chi connectivity index (χ2n) is 2.28. The number of carbonyl (C=O) groups excluding carboxylic acids is 1. The molecule has 70 valence electrons. The molecule has 0 aliphatic heterocycles. The molecule has 0 saturated carbocycles. The van der Waals surface area contributed by atoms with Gasteiger partial charge in [0.2, 0.25) is 0 Å². The van der Waals surface area contributed by atoms with Crippen molar-refractivity contribution in [1.82, 2.24) is 0 Å². The zero-order valence-corrected chi connectivity index (χ0v) is 8.50. The summed E-state index contributed by atoms with van der Waals surface area (Å²) in [5, 5.41) is 8.57. The van der Waals surface area contributed by atoms with Crippen molar-refractivity contribution in [2.24, 2.45) is 5.92 Å². The molecule has 2 atom stereocenters. The van der Waals surface area contributed by atoms with Gasteiger partial charge in [-0.2, -0.15) is 0 Å². The van der Waals surface area contributed by atoms with Crippen molar-refractivity contribution in [2.45, 2.75) is 18.2 Å². The van der Waals surface area contributed by atoms with Crippen LogP contribution in [0.1, 0.15) is 13.3 Å². The van der Waals surface area contributed by atoms with E-state index < -0.39 is 22.7 Å². The lowest BCUT2D eigenvalue weighted by molar-refractivity contribution is -0.150. The van der Waals surface area contributed by atoms with Crippen molar-refractivity contribution in [3.63, 3.8) is 0 Å². The highest BCUT2D eigenvalue weighted by atomic mass is 79.9. The quantitative estimate of drug-likeness (QED) is 0.587. The van der Waals surface area contributed by atoms with Crippen LogP contribution in [0.3, 0.4) is 0 Å². The van der Waals surface area contributed by atoms with Gasteiger partial charge in [0.1, 0.15) is 4.83 Å². The number of carboxylic acid groups (broad SMARTS) is 1. The second kappa shape index (κ2) is 5.13. The summed E-state index contributed by atoms with van der Waals surface area (Å²) in [7, 11) is 1.24. The van der Waals surface area contributed by atoms with Crippen LogP contribution < -0.4 is 0 Å². The third-order valence-corrected chi connectivity index (χ3v) is 2.56. The van der Waals surface area contributed by atoms with Crippen LogP contribution in [-0.2, 0) is 14.3 Å². The number of carboxylic acids is 1. The van der Waals surface area contributed by atoms with Gasteiger partial charge < -0.3 is 9.84 Å². The molecule has 0 saturated heterocycles. The molecule has 0 fully saturated rings. The average Bonchev–Trinajstić information content (AvgIpc) is 2.05. The number of halogens is 1. The normalized spacial score (nSPS) is 14.9. The highest BCUT2D eigenvalue weighted by molar-refractivity contribution is 9.10. The maximum atomic E-state index is 11.0. The first kappa shape index (κ1) is 11.4. The van der Waals surface area contributed by atoms with E-state index in [1.807, 2.05) is 0 Å². The van der Waals surface area contributed by atoms with E-state index in [9.17, 15) is 9.59 Å². The number of methoxy groups -OCH3 is 1. The molecule has 0 aromatic heterocycles. The van der Waals surface area contributed by atoms with E-state index in [1.54, 1.807) is 6.92 Å². The molecule has 0 aliphatic rings. The number of ether oxygens (including phenoxy) is 1. The molecule has 0 heterocycles. The zero-order chi connectivity index (χ0) is 9.72. The van der Waals surface area contributed by atoms with Crippen molar-refractivity contribution < 1.29 is 19.4 Å². The predicted octanol–water partition coefficient (Wildman–Crippen LogP) is 1.03. The van der Waals surface area contributed by atoms with Gasteiger partial charge in [0, 0.05) is 0 Å². The Morgan fingerprint density at radius 1 is 1.58 bits per heavy atom. The van der Waals surface area contributed by atoms with Crippen LogP contribution in [0.25, 0.3) is 0 Å². The SMILES string of the molecule is CCC(C(=O)OC)C(Br)C(=O)O. The summed E-state index contributed by atoms with van der Waals surface area (Å²) in [6, 6.07) is 0. The lowest BCUT2D eigenvalue weighted by atomic mass is 10.0. The first-order valence-corrected chi connectivity index (χ1v) is 4.40. The lowest BCUT2D eigenvalue weighted by Gasteiger charge is -2.14. The summed E-state index contributed by atoms with van der Waals surface area (Å²) in [5.74, 6) is -2.17. The van der Waals surface area contributed by atoms with Crippen LogP contribution >= 0.6 is 15.9 Å². The molecule has 1 N–H and O–H groups in total. The Morgan fingerprint density at radius 2 is 2.08 bits per heavy atom. The number of rotatable bonds is 4. The Hall–Kier alpha value is -0.580. The third kappa shape index (κ3) is 2.81. The predicted molar refractivity (Wildman–Crippen MR) is 46.1 cm³/mol. The van der Waals surface area contributed by atoms with Gasteiger partial charge in [-0.3, -0.25) is 9.59 Å². The Morgan fingerprint density at radius 3 is 2.33 bits per heavy atom. The fourth-order valence-corrected chi connectivity index (χ4v) is 1.41. The van der Waals surface area contributed by atoms with E-state index in [-0.39, 0.29) is 0 Å². The fraction of sp³-hybridized carbons (Fsp3) is 0.714. The van der Waals surface area contributed by atoms with Crippen LogP contribution in [0.2, 0.25) is 0 Å². The second-order valence-corrected chi connectivity index (χ2v) is 3.26. The minimum atomic E-state index is -1.05. The Kier molecular flexibility index (Phi) is 4.89. The van der Waals surface area contributed by atoms with Crippen molar-refractivity contribution in [3.8, 4) is 0 Å². The first-order chi connectivity index (χ1) is 5.54. The van der Waals surface area contributed by atoms with E-state index in [2.05, 4.69) is 20.7 Å². The molecule has 4 nitrogen and oxygen atoms in total. The number of aliphatic carboxylic acids is 1. The van der Waals surface area contributed by atoms with E-state index in [1.165, 1.54) is 7.11 Å². The van der Waals surface area contributed by atoms with Gasteiger partial charge in [0.05, 0.1) is 13.0 Å². The minimum Gasteiger partial charge on any atom is -0.480 e. The van der Waals surface area contributed by atoms with Crippen molar-refractivity contribution in [2.75, 3.05) is 7.11 Å². The number of carbonyl (C=O) groups is 2. The topological polar surface area (TPSA) is 63.6 Å². The third-order valence-electron chi connectivity index (χ3n) is 1.53. The van der Waals surface area contributed by atoms with Crippen LogP contribution in [0.5, 0.6) is 0 Å². The summed E-state index contributed by atoms with van der Waals surface area (Å²) in [6.07, 6.45) is 0.439. The molecule has 0 aliphatic carbocycles. The average molecular weight is 239 g/mol. The highest BCUT2D eigenvalue weighted by Gasteiger charge is 2.30. The molecule has 0 aromatic rings. The Labute approximate surface area is 79.0 Å². The maximum Gasteiger partial charge on any atom is 0.318 e. The number of hydrogen-bond acceptors (Lipinski definition) is 3. The van der Waals surface area contributed by atoms with Gasteiger partial charge in [0.15, 0.2) is 0 Å². The molecule has 0 bridgehead atoms. The molecular weight excluding hydrogens is 228 g/mol. The Balaban J connectivity index is 4.33. The van der Waals surface area contributed by atoms with E-state index in [0.717, 1.165) is 0 Å². The molecule has 0 radical (unpaired) electrons. The van der Waals surface area contributed by atoms with Gasteiger partial charge in [-0.1, -0.05) is 22.9 Å². The Bertz CT molecular complexity index is 180. The van der Waals surface area contributed by atoms with Gasteiger partial charge in [-0.25, -0.2) is 0 Å². The number of hydrogen-bond donors (Lipinski definition) is 1. The lowest BCUT2D eigenvalue weighted by Crippen LogP contribution is -2.30. The van der Waals surface area contributed by atoms with Crippen LogP contribution in [0, 0.1) is 5.92 Å². The van der Waals surface area contributed by atoms with Crippen LogP contribution in [0.15, 0.2) is 0 Å².